The van der Waals surface area contributed by atoms with Crippen molar-refractivity contribution in [3.63, 3.8) is 0 Å². The van der Waals surface area contributed by atoms with Gasteiger partial charge in [-0.05, 0) is 42.6 Å². The summed E-state index contributed by atoms with van der Waals surface area (Å²) in [6.07, 6.45) is 2.43. The van der Waals surface area contributed by atoms with Crippen LogP contribution in [0.3, 0.4) is 0 Å². The largest absolute Gasteiger partial charge is 0.366 e. The van der Waals surface area contributed by atoms with E-state index in [4.69, 9.17) is 5.73 Å². The van der Waals surface area contributed by atoms with E-state index in [0.29, 0.717) is 18.2 Å². The van der Waals surface area contributed by atoms with E-state index < -0.39 is 5.91 Å². The van der Waals surface area contributed by atoms with Crippen molar-refractivity contribution < 1.29 is 4.79 Å². The van der Waals surface area contributed by atoms with Gasteiger partial charge in [0.25, 0.3) is 0 Å². The van der Waals surface area contributed by atoms with E-state index in [9.17, 15) is 4.79 Å². The van der Waals surface area contributed by atoms with Gasteiger partial charge in [0.05, 0.1) is 0 Å². The summed E-state index contributed by atoms with van der Waals surface area (Å²) >= 11 is 0. The van der Waals surface area contributed by atoms with Crippen molar-refractivity contribution in [3.8, 4) is 0 Å². The van der Waals surface area contributed by atoms with Gasteiger partial charge in [-0.3, -0.25) is 14.7 Å². The zero-order valence-corrected chi connectivity index (χ0v) is 16.4. The highest BCUT2D eigenvalue weighted by Gasteiger charge is 2.24. The van der Waals surface area contributed by atoms with E-state index in [1.165, 1.54) is 18.4 Å². The molecule has 2 aromatic rings. The van der Waals surface area contributed by atoms with Crippen LogP contribution < -0.4 is 16.4 Å². The second-order valence-electron chi connectivity index (χ2n) is 7.12. The third-order valence-electron chi connectivity index (χ3n) is 5.15. The van der Waals surface area contributed by atoms with E-state index in [-0.39, 0.29) is 0 Å². The smallest absolute Gasteiger partial charge is 0.248 e. The molecule has 0 aromatic heterocycles. The number of nitrogens with two attached hydrogens (primary N) is 1. The van der Waals surface area contributed by atoms with Gasteiger partial charge in [0.2, 0.25) is 5.91 Å². The Balaban J connectivity index is 1.47. The first kappa shape index (κ1) is 19.9. The number of hydrogen-bond acceptors (Lipinski definition) is 3. The fraction of sp³-hybridized carbons (Fsp3) is 0.364. The predicted molar refractivity (Wildman–Crippen MR) is 113 cm³/mol. The van der Waals surface area contributed by atoms with Crippen LogP contribution in [0, 0.1) is 0 Å². The van der Waals surface area contributed by atoms with Gasteiger partial charge in [-0.15, -0.1) is 0 Å². The van der Waals surface area contributed by atoms with Gasteiger partial charge in [0.1, 0.15) is 0 Å². The maximum absolute atomic E-state index is 11.2. The van der Waals surface area contributed by atoms with Crippen molar-refractivity contribution in [2.45, 2.75) is 32.0 Å². The van der Waals surface area contributed by atoms with Crippen LogP contribution in [-0.2, 0) is 13.1 Å². The molecule has 0 aliphatic carbocycles. The van der Waals surface area contributed by atoms with E-state index in [1.54, 1.807) is 19.2 Å². The Hall–Kier alpha value is -2.86. The average molecular weight is 380 g/mol. The second-order valence-corrected chi connectivity index (χ2v) is 7.12. The SMILES string of the molecule is CN=C(NCc1ccc(C(N)=O)cc1)NCC1CCCN1Cc1ccccc1. The first-order valence-corrected chi connectivity index (χ1v) is 9.77. The standard InChI is InChI=1S/C22H29N5O/c1-24-22(25-14-17-9-11-19(12-10-17)21(23)28)26-15-20-8-5-13-27(20)16-18-6-3-2-4-7-18/h2-4,6-7,9-12,20H,5,8,13-16H2,1H3,(H2,23,28)(H2,24,25,26). The van der Waals surface area contributed by atoms with Gasteiger partial charge in [-0.1, -0.05) is 42.5 Å². The van der Waals surface area contributed by atoms with Crippen molar-refractivity contribution in [2.75, 3.05) is 20.1 Å². The molecular formula is C22H29N5O. The molecule has 1 aliphatic heterocycles. The highest BCUT2D eigenvalue weighted by molar-refractivity contribution is 5.92. The lowest BCUT2D eigenvalue weighted by molar-refractivity contribution is 0.100. The van der Waals surface area contributed by atoms with Crippen LogP contribution in [-0.4, -0.2) is 42.9 Å². The number of nitrogens with zero attached hydrogens (tertiary/aromatic N) is 2. The second kappa shape index (κ2) is 9.90. The summed E-state index contributed by atoms with van der Waals surface area (Å²) in [5.74, 6) is 0.374. The van der Waals surface area contributed by atoms with Crippen molar-refractivity contribution in [1.29, 1.82) is 0 Å². The lowest BCUT2D eigenvalue weighted by atomic mass is 10.1. The van der Waals surface area contributed by atoms with Gasteiger partial charge in [0, 0.05) is 38.3 Å². The van der Waals surface area contributed by atoms with Crippen molar-refractivity contribution in [3.05, 3.63) is 71.3 Å². The monoisotopic (exact) mass is 379 g/mol. The van der Waals surface area contributed by atoms with Gasteiger partial charge in [-0.25, -0.2) is 0 Å². The summed E-state index contributed by atoms with van der Waals surface area (Å²) in [5, 5.41) is 6.78. The van der Waals surface area contributed by atoms with E-state index in [1.807, 2.05) is 12.1 Å². The summed E-state index contributed by atoms with van der Waals surface area (Å²) < 4.78 is 0. The Morgan fingerprint density at radius 1 is 1.11 bits per heavy atom. The Labute approximate surface area is 166 Å². The summed E-state index contributed by atoms with van der Waals surface area (Å²) in [6.45, 7) is 3.63. The number of guanidine groups is 1. The Morgan fingerprint density at radius 3 is 2.54 bits per heavy atom. The minimum absolute atomic E-state index is 0.409. The molecule has 0 saturated carbocycles. The Morgan fingerprint density at radius 2 is 1.86 bits per heavy atom. The topological polar surface area (TPSA) is 82.7 Å². The summed E-state index contributed by atoms with van der Waals surface area (Å²) in [4.78, 5) is 18.0. The number of rotatable bonds is 7. The molecule has 1 unspecified atom stereocenters. The van der Waals surface area contributed by atoms with Crippen LogP contribution in [0.2, 0.25) is 0 Å². The Kier molecular flexibility index (Phi) is 7.03. The third-order valence-corrected chi connectivity index (χ3v) is 5.15. The molecule has 28 heavy (non-hydrogen) atoms. The van der Waals surface area contributed by atoms with Gasteiger partial charge >= 0.3 is 0 Å². The molecule has 4 N–H and O–H groups in total. The minimum atomic E-state index is -0.409. The van der Waals surface area contributed by atoms with E-state index in [0.717, 1.165) is 31.2 Å². The molecule has 6 nitrogen and oxygen atoms in total. The molecule has 2 aromatic carbocycles. The lowest BCUT2D eigenvalue weighted by Crippen LogP contribution is -2.44. The molecule has 1 saturated heterocycles. The molecule has 1 fully saturated rings. The molecule has 148 valence electrons. The van der Waals surface area contributed by atoms with Crippen molar-refractivity contribution in [2.24, 2.45) is 10.7 Å². The van der Waals surface area contributed by atoms with Gasteiger partial charge in [-0.2, -0.15) is 0 Å². The quantitative estimate of drug-likeness (QED) is 0.508. The molecule has 0 radical (unpaired) electrons. The maximum atomic E-state index is 11.2. The number of hydrogen-bond donors (Lipinski definition) is 3. The summed E-state index contributed by atoms with van der Waals surface area (Å²) in [6, 6.07) is 18.4. The van der Waals surface area contributed by atoms with Crippen molar-refractivity contribution in [1.82, 2.24) is 15.5 Å². The predicted octanol–water partition coefficient (Wildman–Crippen LogP) is 2.12. The number of benzene rings is 2. The fourth-order valence-electron chi connectivity index (χ4n) is 3.56. The van der Waals surface area contributed by atoms with Crippen LogP contribution in [0.25, 0.3) is 0 Å². The normalized spacial score (nSPS) is 17.5. The maximum Gasteiger partial charge on any atom is 0.248 e. The first-order valence-electron chi connectivity index (χ1n) is 9.77. The van der Waals surface area contributed by atoms with Crippen LogP contribution in [0.1, 0.15) is 34.3 Å². The molecular weight excluding hydrogens is 350 g/mol. The van der Waals surface area contributed by atoms with Crippen LogP contribution in [0.4, 0.5) is 0 Å². The molecule has 3 rings (SSSR count). The van der Waals surface area contributed by atoms with Crippen molar-refractivity contribution >= 4 is 11.9 Å². The highest BCUT2D eigenvalue weighted by Crippen LogP contribution is 2.19. The average Bonchev–Trinajstić information content (AvgIpc) is 3.16. The molecule has 1 aliphatic rings. The number of nitrogens with one attached hydrogen (secondary N) is 2. The zero-order valence-electron chi connectivity index (χ0n) is 16.4. The molecule has 0 spiro atoms. The van der Waals surface area contributed by atoms with E-state index >= 15 is 0 Å². The third kappa shape index (κ3) is 5.57. The number of primary amides is 1. The highest BCUT2D eigenvalue weighted by atomic mass is 16.1. The van der Waals surface area contributed by atoms with Gasteiger partial charge < -0.3 is 16.4 Å². The van der Waals surface area contributed by atoms with Crippen LogP contribution in [0.15, 0.2) is 59.6 Å². The lowest BCUT2D eigenvalue weighted by Gasteiger charge is -2.25. The summed E-state index contributed by atoms with van der Waals surface area (Å²) in [5.41, 5.74) is 8.23. The van der Waals surface area contributed by atoms with Crippen LogP contribution in [0.5, 0.6) is 0 Å². The number of amides is 1. The summed E-state index contributed by atoms with van der Waals surface area (Å²) in [7, 11) is 1.78. The Bertz CT molecular complexity index is 788. The number of carbonyl (C=O) groups is 1. The molecule has 1 atom stereocenters. The minimum Gasteiger partial charge on any atom is -0.366 e. The number of likely N-dealkylation sites (tertiary alicyclic amines) is 1. The first-order chi connectivity index (χ1) is 13.7. The van der Waals surface area contributed by atoms with E-state index in [2.05, 4.69) is 50.9 Å². The zero-order chi connectivity index (χ0) is 19.8. The molecule has 6 heteroatoms. The van der Waals surface area contributed by atoms with Crippen LogP contribution >= 0.6 is 0 Å². The molecule has 1 amide bonds. The number of carbonyl (C=O) groups excluding carboxylic acids is 1. The number of aliphatic imine (C=N–C) groups is 1. The fourth-order valence-corrected chi connectivity index (χ4v) is 3.56. The molecule has 0 bridgehead atoms. The van der Waals surface area contributed by atoms with Gasteiger partial charge in [0.15, 0.2) is 5.96 Å². The molecule has 1 heterocycles.